The predicted octanol–water partition coefficient (Wildman–Crippen LogP) is 1.55. The first kappa shape index (κ1) is 17.9. The summed E-state index contributed by atoms with van der Waals surface area (Å²) < 4.78 is 31.8. The van der Waals surface area contributed by atoms with E-state index in [1.165, 1.54) is 13.2 Å². The molecule has 0 aromatic heterocycles. The first-order chi connectivity index (χ1) is 10.8. The molecule has 2 rings (SSSR count). The van der Waals surface area contributed by atoms with Gasteiger partial charge in [-0.2, -0.15) is 0 Å². The van der Waals surface area contributed by atoms with Crippen molar-refractivity contribution in [2.24, 2.45) is 5.73 Å². The van der Waals surface area contributed by atoms with E-state index in [0.29, 0.717) is 11.1 Å². The number of ether oxygens (including phenoxy) is 1. The van der Waals surface area contributed by atoms with Crippen LogP contribution in [0.5, 0.6) is 0 Å². The number of methoxy groups -OCH3 is 1. The molecular weight excluding hydrogens is 316 g/mol. The molecular formula is C16H24N2O4S. The zero-order valence-corrected chi connectivity index (χ0v) is 14.2. The van der Waals surface area contributed by atoms with Crippen molar-refractivity contribution in [3.05, 3.63) is 35.4 Å². The number of sulfonamides is 1. The van der Waals surface area contributed by atoms with Gasteiger partial charge in [0.05, 0.1) is 18.4 Å². The van der Waals surface area contributed by atoms with Gasteiger partial charge in [0.15, 0.2) is 0 Å². The molecule has 0 amide bonds. The van der Waals surface area contributed by atoms with Gasteiger partial charge in [-0.05, 0) is 30.5 Å². The Balaban J connectivity index is 1.99. The lowest BCUT2D eigenvalue weighted by Crippen LogP contribution is -2.51. The van der Waals surface area contributed by atoms with Crippen LogP contribution in [0.3, 0.4) is 0 Å². The summed E-state index contributed by atoms with van der Waals surface area (Å²) in [6.07, 6.45) is 4.92. The Labute approximate surface area is 137 Å². The fraction of sp³-hybridized carbons (Fsp3) is 0.562. The first-order valence-electron chi connectivity index (χ1n) is 7.77. The summed E-state index contributed by atoms with van der Waals surface area (Å²) in [5.74, 6) is -0.672. The Morgan fingerprint density at radius 3 is 2.65 bits per heavy atom. The van der Waals surface area contributed by atoms with Crippen LogP contribution in [0, 0.1) is 0 Å². The molecule has 1 fully saturated rings. The Morgan fingerprint density at radius 2 is 2.00 bits per heavy atom. The monoisotopic (exact) mass is 340 g/mol. The molecule has 128 valence electrons. The Kier molecular flexibility index (Phi) is 5.78. The molecule has 0 atom stereocenters. The van der Waals surface area contributed by atoms with Crippen LogP contribution < -0.4 is 10.5 Å². The molecule has 1 aliphatic rings. The van der Waals surface area contributed by atoms with Crippen LogP contribution in [0.4, 0.5) is 0 Å². The number of hydrogen-bond acceptors (Lipinski definition) is 5. The summed E-state index contributed by atoms with van der Waals surface area (Å²) in [5.41, 5.74) is 6.68. The van der Waals surface area contributed by atoms with E-state index in [4.69, 9.17) is 5.73 Å². The third kappa shape index (κ3) is 5.30. The van der Waals surface area contributed by atoms with Crippen LogP contribution in [0.1, 0.15) is 48.0 Å². The molecule has 0 saturated heterocycles. The van der Waals surface area contributed by atoms with E-state index in [1.54, 1.807) is 18.2 Å². The number of nitrogens with two attached hydrogens (primary N) is 1. The molecule has 1 aromatic rings. The Morgan fingerprint density at radius 1 is 1.30 bits per heavy atom. The second-order valence-corrected chi connectivity index (χ2v) is 8.00. The van der Waals surface area contributed by atoms with Crippen molar-refractivity contribution in [3.63, 3.8) is 0 Å². The van der Waals surface area contributed by atoms with Gasteiger partial charge in [0.25, 0.3) is 0 Å². The molecule has 3 N–H and O–H groups in total. The second-order valence-electron chi connectivity index (χ2n) is 6.20. The molecule has 1 aliphatic carbocycles. The largest absolute Gasteiger partial charge is 0.465 e. The average Bonchev–Trinajstić information content (AvgIpc) is 2.53. The summed E-state index contributed by atoms with van der Waals surface area (Å²) in [7, 11) is -2.21. The number of carbonyl (C=O) groups is 1. The summed E-state index contributed by atoms with van der Waals surface area (Å²) in [6.45, 7) is 0.256. The highest BCUT2D eigenvalue weighted by atomic mass is 32.2. The maximum atomic E-state index is 12.3. The van der Waals surface area contributed by atoms with E-state index in [-0.39, 0.29) is 12.3 Å². The number of nitrogens with one attached hydrogen (secondary N) is 1. The van der Waals surface area contributed by atoms with Gasteiger partial charge in [-0.25, -0.2) is 17.9 Å². The van der Waals surface area contributed by atoms with Gasteiger partial charge >= 0.3 is 5.97 Å². The minimum Gasteiger partial charge on any atom is -0.465 e. The zero-order chi connectivity index (χ0) is 16.9. The SMILES string of the molecule is COC(=O)c1cccc(CS(=O)(=O)NCC2(N)CCCCC2)c1. The van der Waals surface area contributed by atoms with Crippen LogP contribution >= 0.6 is 0 Å². The van der Waals surface area contributed by atoms with Crippen molar-refractivity contribution in [2.75, 3.05) is 13.7 Å². The summed E-state index contributed by atoms with van der Waals surface area (Å²) >= 11 is 0. The van der Waals surface area contributed by atoms with Gasteiger partial charge in [-0.3, -0.25) is 0 Å². The minimum atomic E-state index is -3.50. The summed E-state index contributed by atoms with van der Waals surface area (Å²) in [6, 6.07) is 6.43. The quantitative estimate of drug-likeness (QED) is 0.766. The van der Waals surface area contributed by atoms with Crippen molar-refractivity contribution >= 4 is 16.0 Å². The molecule has 6 nitrogen and oxygen atoms in total. The highest BCUT2D eigenvalue weighted by molar-refractivity contribution is 7.88. The molecule has 0 aliphatic heterocycles. The smallest absolute Gasteiger partial charge is 0.337 e. The Hall–Kier alpha value is -1.44. The number of rotatable bonds is 6. The van der Waals surface area contributed by atoms with Crippen molar-refractivity contribution in [2.45, 2.75) is 43.4 Å². The molecule has 1 aromatic carbocycles. The molecule has 0 spiro atoms. The van der Waals surface area contributed by atoms with Gasteiger partial charge in [-0.1, -0.05) is 31.4 Å². The van der Waals surface area contributed by atoms with E-state index in [2.05, 4.69) is 9.46 Å². The zero-order valence-electron chi connectivity index (χ0n) is 13.4. The predicted molar refractivity (Wildman–Crippen MR) is 88.4 cm³/mol. The number of carbonyl (C=O) groups excluding carboxylic acids is 1. The van der Waals surface area contributed by atoms with Gasteiger partial charge in [-0.15, -0.1) is 0 Å². The van der Waals surface area contributed by atoms with Crippen LogP contribution in [0.15, 0.2) is 24.3 Å². The minimum absolute atomic E-state index is 0.187. The van der Waals surface area contributed by atoms with Gasteiger partial charge in [0.1, 0.15) is 0 Å². The standard InChI is InChI=1S/C16H24N2O4S/c1-22-15(19)14-7-5-6-13(10-14)11-23(20,21)18-12-16(17)8-3-2-4-9-16/h5-7,10,18H,2-4,8-9,11-12,17H2,1H3. The van der Waals surface area contributed by atoms with Gasteiger partial charge < -0.3 is 10.5 Å². The van der Waals surface area contributed by atoms with Gasteiger partial charge in [0.2, 0.25) is 10.0 Å². The number of hydrogen-bond donors (Lipinski definition) is 2. The van der Waals surface area contributed by atoms with E-state index >= 15 is 0 Å². The highest BCUT2D eigenvalue weighted by Gasteiger charge is 2.28. The van der Waals surface area contributed by atoms with Crippen LogP contribution in [0.25, 0.3) is 0 Å². The summed E-state index contributed by atoms with van der Waals surface area (Å²) in [5, 5.41) is 0. The topological polar surface area (TPSA) is 98.5 Å². The Bertz CT molecular complexity index is 652. The van der Waals surface area contributed by atoms with Crippen molar-refractivity contribution < 1.29 is 17.9 Å². The second kappa shape index (κ2) is 7.42. The normalized spacial score (nSPS) is 17.7. The third-order valence-electron chi connectivity index (χ3n) is 4.20. The molecule has 1 saturated carbocycles. The van der Waals surface area contributed by atoms with Crippen LogP contribution in [-0.2, 0) is 20.5 Å². The molecule has 0 unspecified atom stereocenters. The fourth-order valence-corrected chi connectivity index (χ4v) is 4.09. The molecule has 23 heavy (non-hydrogen) atoms. The van der Waals surface area contributed by atoms with E-state index in [0.717, 1.165) is 32.1 Å². The van der Waals surface area contributed by atoms with E-state index in [9.17, 15) is 13.2 Å². The van der Waals surface area contributed by atoms with E-state index < -0.39 is 21.5 Å². The lowest BCUT2D eigenvalue weighted by molar-refractivity contribution is 0.0600. The lowest BCUT2D eigenvalue weighted by atomic mass is 9.83. The maximum Gasteiger partial charge on any atom is 0.337 e. The molecule has 0 radical (unpaired) electrons. The highest BCUT2D eigenvalue weighted by Crippen LogP contribution is 2.25. The van der Waals surface area contributed by atoms with Crippen molar-refractivity contribution in [1.82, 2.24) is 4.72 Å². The number of benzene rings is 1. The van der Waals surface area contributed by atoms with Crippen LogP contribution in [-0.4, -0.2) is 33.6 Å². The van der Waals surface area contributed by atoms with Crippen molar-refractivity contribution in [3.8, 4) is 0 Å². The van der Waals surface area contributed by atoms with E-state index in [1.807, 2.05) is 0 Å². The van der Waals surface area contributed by atoms with Gasteiger partial charge in [0, 0.05) is 12.1 Å². The molecule has 0 heterocycles. The summed E-state index contributed by atoms with van der Waals surface area (Å²) in [4.78, 5) is 11.5. The van der Waals surface area contributed by atoms with Crippen LogP contribution in [0.2, 0.25) is 0 Å². The fourth-order valence-electron chi connectivity index (χ4n) is 2.86. The molecule has 0 bridgehead atoms. The van der Waals surface area contributed by atoms with Crippen molar-refractivity contribution in [1.29, 1.82) is 0 Å². The first-order valence-corrected chi connectivity index (χ1v) is 9.42. The average molecular weight is 340 g/mol. The number of esters is 1. The third-order valence-corrected chi connectivity index (χ3v) is 5.50. The maximum absolute atomic E-state index is 12.3. The molecule has 7 heteroatoms. The lowest BCUT2D eigenvalue weighted by Gasteiger charge is -2.33.